The largest absolute Gasteiger partial charge is 0.481 e. The molecule has 1 atom stereocenters. The molecule has 0 spiro atoms. The molecule has 0 bridgehead atoms. The standard InChI is InChI=1S/C19H32O9/c1-3-4-11-25-14-15(2)28-19(24)10-9-18(23)27-13-6-5-12-26-17(22)8-7-16(20)21/h15H,3-14H2,1-2H3,(H,20,21). The van der Waals surface area contributed by atoms with Crippen molar-refractivity contribution in [1.82, 2.24) is 0 Å². The topological polar surface area (TPSA) is 125 Å². The second kappa shape index (κ2) is 17.0. The molecule has 0 aliphatic heterocycles. The molecule has 0 aliphatic rings. The Morgan fingerprint density at radius 2 is 1.32 bits per heavy atom. The highest BCUT2D eigenvalue weighted by Gasteiger charge is 2.13. The molecule has 0 rings (SSSR count). The third kappa shape index (κ3) is 17.3. The Kier molecular flexibility index (Phi) is 15.7. The Hall–Kier alpha value is -2.16. The molecular formula is C19H32O9. The zero-order valence-corrected chi connectivity index (χ0v) is 16.8. The first-order valence-electron chi connectivity index (χ1n) is 9.65. The fourth-order valence-electron chi connectivity index (χ4n) is 1.95. The molecule has 9 heteroatoms. The SMILES string of the molecule is CCCCOCC(C)OC(=O)CCC(=O)OCCCCOC(=O)CCC(=O)O. The fourth-order valence-corrected chi connectivity index (χ4v) is 1.95. The van der Waals surface area contributed by atoms with Gasteiger partial charge in [0, 0.05) is 6.61 Å². The van der Waals surface area contributed by atoms with E-state index in [1.54, 1.807) is 6.92 Å². The average Bonchev–Trinajstić information content (AvgIpc) is 2.64. The smallest absolute Gasteiger partial charge is 0.306 e. The van der Waals surface area contributed by atoms with Gasteiger partial charge in [0.1, 0.15) is 6.10 Å². The van der Waals surface area contributed by atoms with Crippen molar-refractivity contribution < 1.29 is 43.2 Å². The lowest BCUT2D eigenvalue weighted by Crippen LogP contribution is -2.21. The van der Waals surface area contributed by atoms with Crippen molar-refractivity contribution >= 4 is 23.9 Å². The second-order valence-electron chi connectivity index (χ2n) is 6.27. The third-order valence-corrected chi connectivity index (χ3v) is 3.47. The van der Waals surface area contributed by atoms with Gasteiger partial charge >= 0.3 is 23.9 Å². The lowest BCUT2D eigenvalue weighted by atomic mass is 10.3. The minimum Gasteiger partial charge on any atom is -0.481 e. The Labute approximate surface area is 165 Å². The zero-order chi connectivity index (χ0) is 21.2. The van der Waals surface area contributed by atoms with Crippen molar-refractivity contribution in [3.63, 3.8) is 0 Å². The Bertz CT molecular complexity index is 476. The Morgan fingerprint density at radius 3 is 1.86 bits per heavy atom. The number of hydrogen-bond donors (Lipinski definition) is 1. The molecule has 0 aliphatic carbocycles. The van der Waals surface area contributed by atoms with Crippen LogP contribution in [0.5, 0.6) is 0 Å². The first-order valence-corrected chi connectivity index (χ1v) is 9.65. The number of hydrogen-bond acceptors (Lipinski definition) is 8. The van der Waals surface area contributed by atoms with Crippen LogP contribution in [0, 0.1) is 0 Å². The van der Waals surface area contributed by atoms with Gasteiger partial charge in [0.25, 0.3) is 0 Å². The van der Waals surface area contributed by atoms with E-state index in [0.717, 1.165) is 12.8 Å². The zero-order valence-electron chi connectivity index (χ0n) is 16.8. The van der Waals surface area contributed by atoms with Crippen molar-refractivity contribution in [2.24, 2.45) is 0 Å². The maximum atomic E-state index is 11.7. The Balaban J connectivity index is 3.59. The molecule has 1 unspecified atom stereocenters. The monoisotopic (exact) mass is 404 g/mol. The third-order valence-electron chi connectivity index (χ3n) is 3.47. The van der Waals surface area contributed by atoms with Crippen LogP contribution in [0.2, 0.25) is 0 Å². The van der Waals surface area contributed by atoms with E-state index >= 15 is 0 Å². The summed E-state index contributed by atoms with van der Waals surface area (Å²) in [5.41, 5.74) is 0. The van der Waals surface area contributed by atoms with Crippen LogP contribution in [-0.2, 0) is 38.1 Å². The van der Waals surface area contributed by atoms with E-state index < -0.39 is 23.9 Å². The van der Waals surface area contributed by atoms with Crippen molar-refractivity contribution in [3.8, 4) is 0 Å². The minimum atomic E-state index is -1.05. The van der Waals surface area contributed by atoms with Gasteiger partial charge in [-0.05, 0) is 26.2 Å². The summed E-state index contributed by atoms with van der Waals surface area (Å²) in [7, 11) is 0. The second-order valence-corrected chi connectivity index (χ2v) is 6.27. The summed E-state index contributed by atoms with van der Waals surface area (Å²) >= 11 is 0. The van der Waals surface area contributed by atoms with Gasteiger partial charge in [-0.2, -0.15) is 0 Å². The lowest BCUT2D eigenvalue weighted by molar-refractivity contribution is -0.155. The molecule has 0 saturated heterocycles. The van der Waals surface area contributed by atoms with Gasteiger partial charge in [0.15, 0.2) is 0 Å². The molecule has 9 nitrogen and oxygen atoms in total. The molecule has 1 N–H and O–H groups in total. The van der Waals surface area contributed by atoms with E-state index in [-0.39, 0.29) is 45.0 Å². The quantitative estimate of drug-likeness (QED) is 0.221. The maximum absolute atomic E-state index is 11.7. The Morgan fingerprint density at radius 1 is 0.786 bits per heavy atom. The highest BCUT2D eigenvalue weighted by atomic mass is 16.6. The number of esters is 3. The van der Waals surface area contributed by atoms with Gasteiger partial charge in [0.2, 0.25) is 0 Å². The molecule has 162 valence electrons. The molecule has 0 saturated carbocycles. The molecule has 28 heavy (non-hydrogen) atoms. The maximum Gasteiger partial charge on any atom is 0.306 e. The van der Waals surface area contributed by atoms with E-state index in [9.17, 15) is 19.2 Å². The molecule has 0 aromatic rings. The molecular weight excluding hydrogens is 372 g/mol. The summed E-state index contributed by atoms with van der Waals surface area (Å²) in [5, 5.41) is 8.44. The predicted molar refractivity (Wildman–Crippen MR) is 98.5 cm³/mol. The molecule has 0 aromatic carbocycles. The summed E-state index contributed by atoms with van der Waals surface area (Å²) in [6.45, 7) is 5.05. The molecule has 0 heterocycles. The highest BCUT2D eigenvalue weighted by Crippen LogP contribution is 2.02. The van der Waals surface area contributed by atoms with Gasteiger partial charge in [0.05, 0.1) is 45.5 Å². The number of rotatable bonds is 17. The van der Waals surface area contributed by atoms with Gasteiger partial charge in [-0.1, -0.05) is 13.3 Å². The first-order chi connectivity index (χ1) is 13.3. The van der Waals surface area contributed by atoms with Gasteiger partial charge in [-0.3, -0.25) is 19.2 Å². The van der Waals surface area contributed by atoms with E-state index in [2.05, 4.69) is 6.92 Å². The van der Waals surface area contributed by atoms with Gasteiger partial charge in [-0.25, -0.2) is 0 Å². The molecule has 0 amide bonds. The van der Waals surface area contributed by atoms with Crippen LogP contribution in [0.15, 0.2) is 0 Å². The van der Waals surface area contributed by atoms with Crippen LogP contribution < -0.4 is 0 Å². The van der Waals surface area contributed by atoms with E-state index in [4.69, 9.17) is 24.1 Å². The van der Waals surface area contributed by atoms with Crippen LogP contribution in [0.3, 0.4) is 0 Å². The van der Waals surface area contributed by atoms with Crippen molar-refractivity contribution in [1.29, 1.82) is 0 Å². The fraction of sp³-hybridized carbons (Fsp3) is 0.789. The summed E-state index contributed by atoms with van der Waals surface area (Å²) in [5.74, 6) is -2.59. The average molecular weight is 404 g/mol. The number of ether oxygens (including phenoxy) is 4. The van der Waals surface area contributed by atoms with Crippen LogP contribution >= 0.6 is 0 Å². The minimum absolute atomic E-state index is 0.0562. The summed E-state index contributed by atoms with van der Waals surface area (Å²) in [6, 6.07) is 0. The van der Waals surface area contributed by atoms with Crippen molar-refractivity contribution in [2.75, 3.05) is 26.4 Å². The number of carboxylic acids is 1. The molecule has 0 fully saturated rings. The van der Waals surface area contributed by atoms with Crippen LogP contribution in [0.25, 0.3) is 0 Å². The van der Waals surface area contributed by atoms with E-state index in [1.165, 1.54) is 0 Å². The van der Waals surface area contributed by atoms with Crippen molar-refractivity contribution in [2.45, 2.75) is 71.3 Å². The number of carbonyl (C=O) groups excluding carboxylic acids is 3. The van der Waals surface area contributed by atoms with Crippen molar-refractivity contribution in [3.05, 3.63) is 0 Å². The van der Waals surface area contributed by atoms with E-state index in [1.807, 2.05) is 0 Å². The summed E-state index contributed by atoms with van der Waals surface area (Å²) in [6.07, 6.45) is 2.07. The normalized spacial score (nSPS) is 11.5. The van der Waals surface area contributed by atoms with Crippen LogP contribution in [0.4, 0.5) is 0 Å². The number of aliphatic carboxylic acids is 1. The van der Waals surface area contributed by atoms with Gasteiger partial charge < -0.3 is 24.1 Å². The van der Waals surface area contributed by atoms with Gasteiger partial charge in [-0.15, -0.1) is 0 Å². The lowest BCUT2D eigenvalue weighted by Gasteiger charge is -2.13. The number of unbranched alkanes of at least 4 members (excludes halogenated alkanes) is 2. The molecule has 0 radical (unpaired) electrons. The number of carbonyl (C=O) groups is 4. The number of carboxylic acid groups (broad SMARTS) is 1. The molecule has 0 aromatic heterocycles. The first kappa shape index (κ1) is 25.8. The highest BCUT2D eigenvalue weighted by molar-refractivity contribution is 5.77. The predicted octanol–water partition coefficient (Wildman–Crippen LogP) is 2.25. The van der Waals surface area contributed by atoms with Crippen LogP contribution in [0.1, 0.15) is 65.2 Å². The summed E-state index contributed by atoms with van der Waals surface area (Å²) < 4.78 is 20.3. The van der Waals surface area contributed by atoms with Crippen LogP contribution in [-0.4, -0.2) is 61.5 Å². The summed E-state index contributed by atoms with van der Waals surface area (Å²) in [4.78, 5) is 44.7. The van der Waals surface area contributed by atoms with E-state index in [0.29, 0.717) is 26.1 Å².